The molecule has 1 heterocycles. The Hall–Kier alpha value is -1.65. The Balaban J connectivity index is 1.99. The van der Waals surface area contributed by atoms with Crippen molar-refractivity contribution >= 4 is 11.6 Å². The maximum atomic E-state index is 6.15. The summed E-state index contributed by atoms with van der Waals surface area (Å²) in [6.45, 7) is 1.06. The third-order valence-electron chi connectivity index (χ3n) is 3.68. The van der Waals surface area contributed by atoms with Crippen LogP contribution in [-0.2, 0) is 17.6 Å². The number of rotatable bonds is 5. The van der Waals surface area contributed by atoms with Crippen molar-refractivity contribution in [3.05, 3.63) is 40.5 Å². The molecule has 0 saturated heterocycles. The molecule has 4 nitrogen and oxygen atoms in total. The van der Waals surface area contributed by atoms with Crippen molar-refractivity contribution in [2.75, 3.05) is 20.3 Å². The first-order valence-corrected chi connectivity index (χ1v) is 7.44. The molecule has 0 radical (unpaired) electrons. The van der Waals surface area contributed by atoms with E-state index in [0.29, 0.717) is 18.4 Å². The summed E-state index contributed by atoms with van der Waals surface area (Å²) in [4.78, 5) is 0. The lowest BCUT2D eigenvalue weighted by Crippen LogP contribution is -2.06. The van der Waals surface area contributed by atoms with Crippen LogP contribution < -0.4 is 4.74 Å². The Labute approximate surface area is 129 Å². The molecule has 0 aliphatic heterocycles. The van der Waals surface area contributed by atoms with Gasteiger partial charge < -0.3 is 9.47 Å². The van der Waals surface area contributed by atoms with E-state index in [1.54, 1.807) is 7.11 Å². The first-order chi connectivity index (χ1) is 10.3. The molecule has 110 valence electrons. The summed E-state index contributed by atoms with van der Waals surface area (Å²) >= 11 is 6.15. The second-order valence-corrected chi connectivity index (χ2v) is 5.35. The molecule has 2 aromatic rings. The molecule has 1 aliphatic carbocycles. The fourth-order valence-electron chi connectivity index (χ4n) is 2.69. The van der Waals surface area contributed by atoms with Crippen LogP contribution in [0.4, 0.5) is 0 Å². The monoisotopic (exact) mass is 304 g/mol. The summed E-state index contributed by atoms with van der Waals surface area (Å²) < 4.78 is 10.8. The van der Waals surface area contributed by atoms with E-state index in [4.69, 9.17) is 21.1 Å². The van der Waals surface area contributed by atoms with E-state index in [1.165, 1.54) is 5.56 Å². The fourth-order valence-corrected chi connectivity index (χ4v) is 2.93. The van der Waals surface area contributed by atoms with Gasteiger partial charge in [-0.05, 0) is 42.5 Å². The van der Waals surface area contributed by atoms with E-state index in [-0.39, 0.29) is 0 Å². The number of halogens is 1. The molecule has 0 saturated carbocycles. The van der Waals surface area contributed by atoms with Crippen LogP contribution in [0.25, 0.3) is 11.3 Å². The number of benzene rings is 1. The van der Waals surface area contributed by atoms with Gasteiger partial charge in [-0.3, -0.25) is 0 Å². The number of ether oxygens (including phenoxy) is 2. The quantitative estimate of drug-likeness (QED) is 0.795. The largest absolute Gasteiger partial charge is 0.490 e. The average molecular weight is 305 g/mol. The highest BCUT2D eigenvalue weighted by Crippen LogP contribution is 2.37. The molecule has 0 spiro atoms. The van der Waals surface area contributed by atoms with Crippen molar-refractivity contribution in [1.29, 1.82) is 0 Å². The van der Waals surface area contributed by atoms with Crippen LogP contribution >= 0.6 is 11.6 Å². The van der Waals surface area contributed by atoms with Crippen molar-refractivity contribution in [2.24, 2.45) is 0 Å². The number of para-hydroxylation sites is 1. The minimum Gasteiger partial charge on any atom is -0.490 e. The lowest BCUT2D eigenvalue weighted by Gasteiger charge is -2.13. The first kappa shape index (κ1) is 14.3. The zero-order chi connectivity index (χ0) is 14.7. The van der Waals surface area contributed by atoms with Crippen molar-refractivity contribution < 1.29 is 9.47 Å². The van der Waals surface area contributed by atoms with Crippen molar-refractivity contribution in [3.63, 3.8) is 0 Å². The summed E-state index contributed by atoms with van der Waals surface area (Å²) in [6, 6.07) is 7.90. The summed E-state index contributed by atoms with van der Waals surface area (Å²) in [7, 11) is 1.66. The Morgan fingerprint density at radius 3 is 2.76 bits per heavy atom. The molecule has 1 aromatic heterocycles. The predicted octanol–water partition coefficient (Wildman–Crippen LogP) is 3.31. The third kappa shape index (κ3) is 2.87. The van der Waals surface area contributed by atoms with Crippen LogP contribution in [0.2, 0.25) is 5.15 Å². The Morgan fingerprint density at radius 1 is 1.10 bits per heavy atom. The smallest absolute Gasteiger partial charge is 0.155 e. The van der Waals surface area contributed by atoms with Crippen molar-refractivity contribution in [3.8, 4) is 17.0 Å². The van der Waals surface area contributed by atoms with E-state index in [0.717, 1.165) is 41.8 Å². The van der Waals surface area contributed by atoms with Crippen LogP contribution in [0.3, 0.4) is 0 Å². The van der Waals surface area contributed by atoms with Crippen molar-refractivity contribution in [1.82, 2.24) is 10.2 Å². The summed E-state index contributed by atoms with van der Waals surface area (Å²) in [5, 5.41) is 8.95. The maximum absolute atomic E-state index is 6.15. The fraction of sp³-hybridized carbons (Fsp3) is 0.375. The normalized spacial score (nSPS) is 13.2. The number of methoxy groups -OCH3 is 1. The lowest BCUT2D eigenvalue weighted by molar-refractivity contribution is 0.146. The lowest BCUT2D eigenvalue weighted by atomic mass is 10.0. The first-order valence-electron chi connectivity index (χ1n) is 7.06. The zero-order valence-corrected chi connectivity index (χ0v) is 12.7. The van der Waals surface area contributed by atoms with Gasteiger partial charge in [0.1, 0.15) is 18.1 Å². The second kappa shape index (κ2) is 6.41. The van der Waals surface area contributed by atoms with Gasteiger partial charge in [0.25, 0.3) is 0 Å². The van der Waals surface area contributed by atoms with E-state index < -0.39 is 0 Å². The number of hydrogen-bond donors (Lipinski definition) is 0. The minimum absolute atomic E-state index is 0.511. The standard InChI is InChI=1S/C16H17ClN2O2/c1-20-9-10-21-14-8-3-2-5-13(14)15-11-6-4-7-12(11)16(17)19-18-15/h2-3,5,8H,4,6-7,9-10H2,1H3. The average Bonchev–Trinajstić information content (AvgIpc) is 2.99. The second-order valence-electron chi connectivity index (χ2n) is 4.99. The molecule has 0 atom stereocenters. The third-order valence-corrected chi connectivity index (χ3v) is 3.98. The van der Waals surface area contributed by atoms with E-state index in [2.05, 4.69) is 10.2 Å². The summed E-state index contributed by atoms with van der Waals surface area (Å²) in [6.07, 6.45) is 3.07. The highest BCUT2D eigenvalue weighted by Gasteiger charge is 2.22. The highest BCUT2D eigenvalue weighted by molar-refractivity contribution is 6.30. The molecule has 0 N–H and O–H groups in total. The number of hydrogen-bond acceptors (Lipinski definition) is 4. The highest BCUT2D eigenvalue weighted by atomic mass is 35.5. The Bertz CT molecular complexity index is 646. The van der Waals surface area contributed by atoms with E-state index in [9.17, 15) is 0 Å². The summed E-state index contributed by atoms with van der Waals surface area (Å²) in [5.74, 6) is 0.806. The Kier molecular flexibility index (Phi) is 4.36. The van der Waals surface area contributed by atoms with Crippen LogP contribution in [-0.4, -0.2) is 30.5 Å². The minimum atomic E-state index is 0.511. The summed E-state index contributed by atoms with van der Waals surface area (Å²) in [5.41, 5.74) is 4.20. The van der Waals surface area contributed by atoms with Crippen LogP contribution in [0, 0.1) is 0 Å². The van der Waals surface area contributed by atoms with E-state index >= 15 is 0 Å². The van der Waals surface area contributed by atoms with Crippen LogP contribution in [0.15, 0.2) is 24.3 Å². The number of nitrogens with zero attached hydrogens (tertiary/aromatic N) is 2. The molecule has 5 heteroatoms. The molecular weight excluding hydrogens is 288 g/mol. The van der Waals surface area contributed by atoms with Gasteiger partial charge in [-0.25, -0.2) is 0 Å². The molecule has 0 bridgehead atoms. The van der Waals surface area contributed by atoms with Gasteiger partial charge in [0.05, 0.1) is 6.61 Å². The predicted molar refractivity (Wildman–Crippen MR) is 81.9 cm³/mol. The number of aromatic nitrogens is 2. The molecule has 0 amide bonds. The van der Waals surface area contributed by atoms with Gasteiger partial charge >= 0.3 is 0 Å². The molecular formula is C16H17ClN2O2. The van der Waals surface area contributed by atoms with Gasteiger partial charge in [0.15, 0.2) is 5.15 Å². The van der Waals surface area contributed by atoms with Gasteiger partial charge in [-0.1, -0.05) is 23.7 Å². The molecule has 0 unspecified atom stereocenters. The van der Waals surface area contributed by atoms with Gasteiger partial charge in [0.2, 0.25) is 0 Å². The van der Waals surface area contributed by atoms with E-state index in [1.807, 2.05) is 24.3 Å². The maximum Gasteiger partial charge on any atom is 0.155 e. The van der Waals surface area contributed by atoms with Gasteiger partial charge in [-0.2, -0.15) is 0 Å². The Morgan fingerprint density at radius 2 is 1.90 bits per heavy atom. The SMILES string of the molecule is COCCOc1ccccc1-c1nnc(Cl)c2c1CCC2. The van der Waals surface area contributed by atoms with Crippen LogP contribution in [0.5, 0.6) is 5.75 Å². The van der Waals surface area contributed by atoms with Gasteiger partial charge in [-0.15, -0.1) is 10.2 Å². The molecule has 1 aromatic carbocycles. The van der Waals surface area contributed by atoms with Gasteiger partial charge in [0, 0.05) is 12.7 Å². The molecule has 3 rings (SSSR count). The zero-order valence-electron chi connectivity index (χ0n) is 11.9. The number of fused-ring (bicyclic) bond motifs is 1. The van der Waals surface area contributed by atoms with Crippen molar-refractivity contribution in [2.45, 2.75) is 19.3 Å². The molecule has 21 heavy (non-hydrogen) atoms. The molecule has 0 fully saturated rings. The topological polar surface area (TPSA) is 44.2 Å². The molecule has 1 aliphatic rings. The van der Waals surface area contributed by atoms with Crippen LogP contribution in [0.1, 0.15) is 17.5 Å².